The van der Waals surface area contributed by atoms with Crippen molar-refractivity contribution in [3.05, 3.63) is 35.9 Å². The van der Waals surface area contributed by atoms with Gasteiger partial charge < -0.3 is 4.74 Å². The summed E-state index contributed by atoms with van der Waals surface area (Å²) in [4.78, 5) is 11.2. The maximum absolute atomic E-state index is 11.6. The van der Waals surface area contributed by atoms with Gasteiger partial charge in [-0.3, -0.25) is 4.79 Å². The largest absolute Gasteiger partial charge is 0.464 e. The van der Waals surface area contributed by atoms with Crippen molar-refractivity contribution in [2.45, 2.75) is 18.7 Å². The fourth-order valence-corrected chi connectivity index (χ4v) is 1.52. The van der Waals surface area contributed by atoms with E-state index in [0.717, 1.165) is 5.56 Å². The molecule has 0 N–H and O–H groups in total. The standard InChI is InChI=1S/C12H15BrO2/c1-9(2)8-15-12(14)11(13)10-6-4-3-5-7-10/h3-7,9,11H,8H2,1-2H3/t11-/m0/s1. The van der Waals surface area contributed by atoms with E-state index in [1.807, 2.05) is 44.2 Å². The number of hydrogen-bond acceptors (Lipinski definition) is 2. The molecule has 0 amide bonds. The Morgan fingerprint density at radius 3 is 2.47 bits per heavy atom. The van der Waals surface area contributed by atoms with E-state index in [4.69, 9.17) is 4.74 Å². The lowest BCUT2D eigenvalue weighted by atomic mass is 10.1. The number of rotatable bonds is 4. The lowest BCUT2D eigenvalue weighted by Gasteiger charge is -2.11. The van der Waals surface area contributed by atoms with Crippen LogP contribution in [-0.2, 0) is 9.53 Å². The van der Waals surface area contributed by atoms with Crippen molar-refractivity contribution in [1.29, 1.82) is 0 Å². The molecule has 0 heterocycles. The Labute approximate surface area is 98.8 Å². The molecule has 0 saturated heterocycles. The predicted octanol–water partition coefficient (Wildman–Crippen LogP) is 3.32. The van der Waals surface area contributed by atoms with E-state index in [9.17, 15) is 4.79 Å². The molecule has 0 unspecified atom stereocenters. The van der Waals surface area contributed by atoms with Crippen LogP contribution in [0.3, 0.4) is 0 Å². The minimum atomic E-state index is -0.363. The van der Waals surface area contributed by atoms with Crippen molar-refractivity contribution in [1.82, 2.24) is 0 Å². The molecule has 0 aliphatic heterocycles. The normalized spacial score (nSPS) is 12.5. The van der Waals surface area contributed by atoms with E-state index in [-0.39, 0.29) is 10.8 Å². The second-order valence-electron chi connectivity index (χ2n) is 3.80. The Kier molecular flexibility index (Phi) is 4.82. The van der Waals surface area contributed by atoms with Crippen molar-refractivity contribution in [2.24, 2.45) is 5.92 Å². The lowest BCUT2D eigenvalue weighted by Crippen LogP contribution is -2.14. The predicted molar refractivity (Wildman–Crippen MR) is 63.9 cm³/mol. The van der Waals surface area contributed by atoms with E-state index in [1.165, 1.54) is 0 Å². The Hall–Kier alpha value is -0.830. The number of esters is 1. The number of ether oxygens (including phenoxy) is 1. The van der Waals surface area contributed by atoms with Gasteiger partial charge >= 0.3 is 5.97 Å². The van der Waals surface area contributed by atoms with E-state index in [1.54, 1.807) is 0 Å². The number of alkyl halides is 1. The summed E-state index contributed by atoms with van der Waals surface area (Å²) in [6, 6.07) is 9.52. The molecule has 2 nitrogen and oxygen atoms in total. The average Bonchev–Trinajstić information content (AvgIpc) is 2.26. The zero-order chi connectivity index (χ0) is 11.3. The monoisotopic (exact) mass is 270 g/mol. The van der Waals surface area contributed by atoms with Crippen molar-refractivity contribution < 1.29 is 9.53 Å². The van der Waals surface area contributed by atoms with Crippen LogP contribution in [0.2, 0.25) is 0 Å². The van der Waals surface area contributed by atoms with Gasteiger partial charge in [-0.25, -0.2) is 0 Å². The molecule has 1 aromatic rings. The molecular weight excluding hydrogens is 256 g/mol. The van der Waals surface area contributed by atoms with Crippen LogP contribution in [-0.4, -0.2) is 12.6 Å². The second kappa shape index (κ2) is 5.91. The summed E-state index contributed by atoms with van der Waals surface area (Å²) < 4.78 is 5.13. The van der Waals surface area contributed by atoms with Gasteiger partial charge in [0.1, 0.15) is 4.83 Å². The summed E-state index contributed by atoms with van der Waals surface area (Å²) in [5, 5.41) is 0. The molecule has 0 aromatic heterocycles. The van der Waals surface area contributed by atoms with Crippen LogP contribution in [0.5, 0.6) is 0 Å². The van der Waals surface area contributed by atoms with Crippen molar-refractivity contribution >= 4 is 21.9 Å². The molecular formula is C12H15BrO2. The Morgan fingerprint density at radius 2 is 1.93 bits per heavy atom. The van der Waals surface area contributed by atoms with E-state index < -0.39 is 0 Å². The van der Waals surface area contributed by atoms with Gasteiger partial charge in [-0.15, -0.1) is 0 Å². The first-order valence-electron chi connectivity index (χ1n) is 4.97. The Bertz CT molecular complexity index is 309. The highest BCUT2D eigenvalue weighted by atomic mass is 79.9. The molecule has 0 fully saturated rings. The fraction of sp³-hybridized carbons (Fsp3) is 0.417. The molecule has 0 aliphatic carbocycles. The third-order valence-electron chi connectivity index (χ3n) is 1.86. The topological polar surface area (TPSA) is 26.3 Å². The first kappa shape index (κ1) is 12.2. The molecule has 0 bridgehead atoms. The van der Waals surface area contributed by atoms with E-state index >= 15 is 0 Å². The molecule has 0 saturated carbocycles. The first-order valence-corrected chi connectivity index (χ1v) is 5.88. The SMILES string of the molecule is CC(C)COC(=O)[C@@H](Br)c1ccccc1. The summed E-state index contributed by atoms with van der Waals surface area (Å²) >= 11 is 3.33. The van der Waals surface area contributed by atoms with Gasteiger partial charge in [-0.2, -0.15) is 0 Å². The lowest BCUT2D eigenvalue weighted by molar-refractivity contribution is -0.144. The van der Waals surface area contributed by atoms with Crippen molar-refractivity contribution in [2.75, 3.05) is 6.61 Å². The smallest absolute Gasteiger partial charge is 0.324 e. The fourth-order valence-electron chi connectivity index (χ4n) is 1.08. The molecule has 3 heteroatoms. The number of halogens is 1. The molecule has 0 aliphatic rings. The summed E-state index contributed by atoms with van der Waals surface area (Å²) in [5.41, 5.74) is 0.922. The third kappa shape index (κ3) is 4.04. The number of carbonyl (C=O) groups is 1. The van der Waals surface area contributed by atoms with Crippen LogP contribution < -0.4 is 0 Å². The van der Waals surface area contributed by atoms with Gasteiger partial charge in [0.15, 0.2) is 0 Å². The number of hydrogen-bond donors (Lipinski definition) is 0. The molecule has 1 rings (SSSR count). The minimum absolute atomic E-state index is 0.227. The first-order chi connectivity index (χ1) is 7.11. The van der Waals surface area contributed by atoms with Gasteiger partial charge in [0.25, 0.3) is 0 Å². The Morgan fingerprint density at radius 1 is 1.33 bits per heavy atom. The number of benzene rings is 1. The maximum Gasteiger partial charge on any atom is 0.324 e. The van der Waals surface area contributed by atoms with Crippen LogP contribution in [0.15, 0.2) is 30.3 Å². The van der Waals surface area contributed by atoms with Crippen LogP contribution in [0.1, 0.15) is 24.2 Å². The zero-order valence-electron chi connectivity index (χ0n) is 8.94. The van der Waals surface area contributed by atoms with Crippen molar-refractivity contribution in [3.63, 3.8) is 0 Å². The minimum Gasteiger partial charge on any atom is -0.464 e. The van der Waals surface area contributed by atoms with Crippen molar-refractivity contribution in [3.8, 4) is 0 Å². The summed E-state index contributed by atoms with van der Waals surface area (Å²) in [7, 11) is 0. The molecule has 1 atom stereocenters. The highest BCUT2D eigenvalue weighted by Crippen LogP contribution is 2.23. The van der Waals surface area contributed by atoms with Gasteiger partial charge in [0, 0.05) is 0 Å². The van der Waals surface area contributed by atoms with Crippen LogP contribution >= 0.6 is 15.9 Å². The molecule has 1 aromatic carbocycles. The number of carbonyl (C=O) groups excluding carboxylic acids is 1. The Balaban J connectivity index is 2.54. The summed E-state index contributed by atoms with van der Waals surface area (Å²) in [5.74, 6) is 0.138. The molecule has 82 valence electrons. The third-order valence-corrected chi connectivity index (χ3v) is 2.76. The van der Waals surface area contributed by atoms with E-state index in [2.05, 4.69) is 15.9 Å². The second-order valence-corrected chi connectivity index (χ2v) is 4.71. The van der Waals surface area contributed by atoms with Crippen LogP contribution in [0, 0.1) is 5.92 Å². The quantitative estimate of drug-likeness (QED) is 0.620. The molecule has 0 spiro atoms. The molecule has 0 radical (unpaired) electrons. The summed E-state index contributed by atoms with van der Waals surface area (Å²) in [6.45, 7) is 4.49. The van der Waals surface area contributed by atoms with Crippen LogP contribution in [0.25, 0.3) is 0 Å². The highest BCUT2D eigenvalue weighted by molar-refractivity contribution is 9.09. The maximum atomic E-state index is 11.6. The average molecular weight is 271 g/mol. The summed E-state index contributed by atoms with van der Waals surface area (Å²) in [6.07, 6.45) is 0. The highest BCUT2D eigenvalue weighted by Gasteiger charge is 2.18. The molecule has 15 heavy (non-hydrogen) atoms. The van der Waals surface area contributed by atoms with E-state index in [0.29, 0.717) is 12.5 Å². The van der Waals surface area contributed by atoms with Gasteiger partial charge in [0.05, 0.1) is 6.61 Å². The van der Waals surface area contributed by atoms with Gasteiger partial charge in [-0.05, 0) is 11.5 Å². The van der Waals surface area contributed by atoms with Gasteiger partial charge in [0.2, 0.25) is 0 Å². The van der Waals surface area contributed by atoms with Gasteiger partial charge in [-0.1, -0.05) is 60.1 Å². The zero-order valence-corrected chi connectivity index (χ0v) is 10.5. The van der Waals surface area contributed by atoms with Crippen LogP contribution in [0.4, 0.5) is 0 Å².